The molecule has 1 aliphatic rings. The second-order valence-corrected chi connectivity index (χ2v) is 5.46. The third-order valence-corrected chi connectivity index (χ3v) is 3.96. The van der Waals surface area contributed by atoms with Crippen LogP contribution in [0.15, 0.2) is 16.7 Å². The van der Waals surface area contributed by atoms with Crippen molar-refractivity contribution in [2.75, 3.05) is 7.11 Å². The number of hydrogen-bond acceptors (Lipinski definition) is 4. The molecule has 1 aliphatic carbocycles. The van der Waals surface area contributed by atoms with Gasteiger partial charge in [-0.3, -0.25) is 0 Å². The fraction of sp³-hybridized carbons (Fsp3) is 0.667. The van der Waals surface area contributed by atoms with E-state index in [9.17, 15) is 4.79 Å². The van der Waals surface area contributed by atoms with Gasteiger partial charge in [0.15, 0.2) is 0 Å². The molecule has 1 N–H and O–H groups in total. The first-order valence-corrected chi connectivity index (χ1v) is 7.08. The van der Waals surface area contributed by atoms with E-state index in [1.54, 1.807) is 6.26 Å². The number of rotatable bonds is 4. The molecule has 2 unspecified atom stereocenters. The van der Waals surface area contributed by atoms with Crippen molar-refractivity contribution in [1.82, 2.24) is 5.32 Å². The third kappa shape index (κ3) is 3.83. The van der Waals surface area contributed by atoms with Crippen LogP contribution in [0.1, 0.15) is 55.1 Å². The minimum atomic E-state index is -0.406. The van der Waals surface area contributed by atoms with Crippen molar-refractivity contribution in [2.24, 2.45) is 5.92 Å². The fourth-order valence-corrected chi connectivity index (χ4v) is 2.69. The quantitative estimate of drug-likeness (QED) is 0.671. The number of hydrogen-bond donors (Lipinski definition) is 1. The van der Waals surface area contributed by atoms with Crippen molar-refractivity contribution < 1.29 is 13.9 Å². The predicted octanol–water partition coefficient (Wildman–Crippen LogP) is 3.12. The smallest absolute Gasteiger partial charge is 0.374 e. The van der Waals surface area contributed by atoms with Crippen LogP contribution >= 0.6 is 0 Å². The van der Waals surface area contributed by atoms with Crippen molar-refractivity contribution in [2.45, 2.75) is 51.6 Å². The van der Waals surface area contributed by atoms with Crippen molar-refractivity contribution >= 4 is 5.97 Å². The normalized spacial score (nSPS) is 23.9. The summed E-state index contributed by atoms with van der Waals surface area (Å²) in [6.07, 6.45) is 7.87. The van der Waals surface area contributed by atoms with Gasteiger partial charge in [0.25, 0.3) is 0 Å². The van der Waals surface area contributed by atoms with Gasteiger partial charge >= 0.3 is 5.97 Å². The van der Waals surface area contributed by atoms with E-state index in [1.165, 1.54) is 39.2 Å². The molecule has 19 heavy (non-hydrogen) atoms. The van der Waals surface area contributed by atoms with Gasteiger partial charge in [-0.2, -0.15) is 0 Å². The number of furan rings is 1. The lowest BCUT2D eigenvalue weighted by Gasteiger charge is -2.16. The molecule has 4 nitrogen and oxygen atoms in total. The minimum absolute atomic E-state index is 0.317. The molecule has 1 heterocycles. The highest BCUT2D eigenvalue weighted by Crippen LogP contribution is 2.23. The maximum Gasteiger partial charge on any atom is 0.374 e. The summed E-state index contributed by atoms with van der Waals surface area (Å²) >= 11 is 0. The Kier molecular flexibility index (Phi) is 5.02. The molecule has 0 spiro atoms. The Balaban J connectivity index is 1.88. The lowest BCUT2D eigenvalue weighted by molar-refractivity contribution is 0.0563. The summed E-state index contributed by atoms with van der Waals surface area (Å²) in [6, 6.07) is 2.38. The first-order valence-electron chi connectivity index (χ1n) is 7.08. The van der Waals surface area contributed by atoms with Crippen LogP contribution < -0.4 is 5.32 Å². The van der Waals surface area contributed by atoms with E-state index in [4.69, 9.17) is 9.15 Å². The molecular formula is C15H23NO3. The molecule has 0 saturated heterocycles. The second-order valence-electron chi connectivity index (χ2n) is 5.46. The van der Waals surface area contributed by atoms with E-state index in [-0.39, 0.29) is 0 Å². The van der Waals surface area contributed by atoms with Gasteiger partial charge in [-0.25, -0.2) is 4.79 Å². The average Bonchev–Trinajstić information content (AvgIpc) is 2.79. The molecule has 0 aromatic carbocycles. The van der Waals surface area contributed by atoms with E-state index in [2.05, 4.69) is 12.2 Å². The minimum Gasteiger partial charge on any atom is -0.463 e. The number of carbonyl (C=O) groups excluding carboxylic acids is 1. The maximum absolute atomic E-state index is 11.5. The fourth-order valence-electron chi connectivity index (χ4n) is 2.69. The van der Waals surface area contributed by atoms with Crippen LogP contribution in [-0.2, 0) is 11.3 Å². The molecule has 1 fully saturated rings. The van der Waals surface area contributed by atoms with Crippen molar-refractivity contribution in [3.05, 3.63) is 23.7 Å². The van der Waals surface area contributed by atoms with Crippen LogP contribution in [0.3, 0.4) is 0 Å². The Morgan fingerprint density at radius 1 is 1.42 bits per heavy atom. The lowest BCUT2D eigenvalue weighted by atomic mass is 10.0. The largest absolute Gasteiger partial charge is 0.463 e. The molecule has 0 aliphatic heterocycles. The summed E-state index contributed by atoms with van der Waals surface area (Å²) in [5, 5.41) is 3.54. The highest BCUT2D eigenvalue weighted by Gasteiger charge is 2.19. The van der Waals surface area contributed by atoms with Crippen LogP contribution in [0.2, 0.25) is 0 Å². The molecule has 0 radical (unpaired) electrons. The first-order chi connectivity index (χ1) is 9.20. The molecule has 0 bridgehead atoms. The summed E-state index contributed by atoms with van der Waals surface area (Å²) < 4.78 is 9.89. The Hall–Kier alpha value is -1.29. The first kappa shape index (κ1) is 14.1. The number of nitrogens with one attached hydrogen (secondary N) is 1. The van der Waals surface area contributed by atoms with Crippen molar-refractivity contribution in [3.8, 4) is 0 Å². The molecule has 1 aromatic rings. The Morgan fingerprint density at radius 2 is 2.26 bits per heavy atom. The molecule has 0 amide bonds. The van der Waals surface area contributed by atoms with Crippen LogP contribution in [0.4, 0.5) is 0 Å². The summed E-state index contributed by atoms with van der Waals surface area (Å²) in [7, 11) is 1.37. The number of carbonyl (C=O) groups is 1. The predicted molar refractivity (Wildman–Crippen MR) is 72.9 cm³/mol. The zero-order valence-corrected chi connectivity index (χ0v) is 11.8. The molecular weight excluding hydrogens is 242 g/mol. The third-order valence-electron chi connectivity index (χ3n) is 3.96. The van der Waals surface area contributed by atoms with Gasteiger partial charge < -0.3 is 14.5 Å². The number of methoxy groups -OCH3 is 1. The van der Waals surface area contributed by atoms with Gasteiger partial charge in [0.2, 0.25) is 5.76 Å². The Morgan fingerprint density at radius 3 is 3.05 bits per heavy atom. The molecule has 2 rings (SSSR count). The van der Waals surface area contributed by atoms with E-state index < -0.39 is 5.97 Å². The zero-order valence-electron chi connectivity index (χ0n) is 11.8. The molecule has 1 aromatic heterocycles. The van der Waals surface area contributed by atoms with E-state index >= 15 is 0 Å². The van der Waals surface area contributed by atoms with Gasteiger partial charge in [0.05, 0.1) is 13.4 Å². The van der Waals surface area contributed by atoms with Gasteiger partial charge in [-0.1, -0.05) is 19.8 Å². The van der Waals surface area contributed by atoms with Crippen LogP contribution in [0, 0.1) is 5.92 Å². The zero-order chi connectivity index (χ0) is 13.7. The second kappa shape index (κ2) is 6.75. The number of ether oxygens (including phenoxy) is 1. The maximum atomic E-state index is 11.5. The lowest BCUT2D eigenvalue weighted by Crippen LogP contribution is -2.28. The van der Waals surface area contributed by atoms with E-state index in [0.717, 1.165) is 11.5 Å². The highest BCUT2D eigenvalue weighted by molar-refractivity contribution is 5.87. The summed E-state index contributed by atoms with van der Waals surface area (Å²) in [5.41, 5.74) is 0.879. The SMILES string of the molecule is COC(=O)c1occc1CNC1CCCC(C)CC1. The number of esters is 1. The molecule has 106 valence electrons. The van der Waals surface area contributed by atoms with Gasteiger partial charge in [-0.05, 0) is 31.2 Å². The van der Waals surface area contributed by atoms with Gasteiger partial charge in [0, 0.05) is 18.2 Å². The van der Waals surface area contributed by atoms with Crippen LogP contribution in [0.25, 0.3) is 0 Å². The Bertz CT molecular complexity index is 413. The summed E-state index contributed by atoms with van der Waals surface area (Å²) in [4.78, 5) is 11.5. The van der Waals surface area contributed by atoms with Crippen LogP contribution in [-0.4, -0.2) is 19.1 Å². The molecule has 2 atom stereocenters. The van der Waals surface area contributed by atoms with Crippen LogP contribution in [0.5, 0.6) is 0 Å². The highest BCUT2D eigenvalue weighted by atomic mass is 16.5. The average molecular weight is 265 g/mol. The van der Waals surface area contributed by atoms with Gasteiger partial charge in [0.1, 0.15) is 0 Å². The monoisotopic (exact) mass is 265 g/mol. The molecule has 4 heteroatoms. The van der Waals surface area contributed by atoms with E-state index in [1.807, 2.05) is 6.07 Å². The standard InChI is InChI=1S/C15H23NO3/c1-11-4-3-5-13(7-6-11)16-10-12-8-9-19-14(12)15(17)18-2/h8-9,11,13,16H,3-7,10H2,1-2H3. The summed E-state index contributed by atoms with van der Waals surface area (Å²) in [5.74, 6) is 0.750. The van der Waals surface area contributed by atoms with Gasteiger partial charge in [-0.15, -0.1) is 0 Å². The van der Waals surface area contributed by atoms with E-state index in [0.29, 0.717) is 18.3 Å². The van der Waals surface area contributed by atoms with Crippen molar-refractivity contribution in [1.29, 1.82) is 0 Å². The topological polar surface area (TPSA) is 51.5 Å². The summed E-state index contributed by atoms with van der Waals surface area (Å²) in [6.45, 7) is 2.99. The molecule has 1 saturated carbocycles. The Labute approximate surface area is 114 Å². The van der Waals surface area contributed by atoms with Crippen molar-refractivity contribution in [3.63, 3.8) is 0 Å².